The van der Waals surface area contributed by atoms with Gasteiger partial charge in [-0.2, -0.15) is 0 Å². The van der Waals surface area contributed by atoms with Crippen molar-refractivity contribution in [3.63, 3.8) is 0 Å². The zero-order chi connectivity index (χ0) is 16.8. The Morgan fingerprint density at radius 3 is 2.24 bits per heavy atom. The third kappa shape index (κ3) is 6.78. The van der Waals surface area contributed by atoms with E-state index in [1.54, 1.807) is 0 Å². The van der Waals surface area contributed by atoms with Gasteiger partial charge in [0.1, 0.15) is 0 Å². The molecule has 0 aliphatic carbocycles. The molecule has 1 aromatic rings. The third-order valence-corrected chi connectivity index (χ3v) is 4.94. The number of hydrogen-bond acceptors (Lipinski definition) is 3. The van der Waals surface area contributed by atoms with Crippen LogP contribution in [0.5, 0.6) is 0 Å². The summed E-state index contributed by atoms with van der Waals surface area (Å²) >= 11 is 0. The number of amides is 1. The summed E-state index contributed by atoms with van der Waals surface area (Å²) in [4.78, 5) is 16.8. The fraction of sp³-hybridized carbons (Fsp3) is 0.632. The molecule has 25 heavy (non-hydrogen) atoms. The summed E-state index contributed by atoms with van der Waals surface area (Å²) in [7, 11) is 1.96. The van der Waals surface area contributed by atoms with Crippen molar-refractivity contribution in [3.05, 3.63) is 35.9 Å². The van der Waals surface area contributed by atoms with E-state index in [-0.39, 0.29) is 30.7 Å². The molecule has 0 radical (unpaired) electrons. The highest BCUT2D eigenvalue weighted by Gasteiger charge is 2.35. The van der Waals surface area contributed by atoms with Crippen LogP contribution in [0.3, 0.4) is 0 Å². The summed E-state index contributed by atoms with van der Waals surface area (Å²) in [5.74, 6) is 1.19. The van der Waals surface area contributed by atoms with Gasteiger partial charge in [0.25, 0.3) is 0 Å². The Labute approximate surface area is 164 Å². The average molecular weight is 390 g/mol. The summed E-state index contributed by atoms with van der Waals surface area (Å²) in [5, 5.41) is 0. The highest BCUT2D eigenvalue weighted by Crippen LogP contribution is 2.27. The van der Waals surface area contributed by atoms with E-state index >= 15 is 0 Å². The van der Waals surface area contributed by atoms with Crippen molar-refractivity contribution in [2.75, 3.05) is 26.7 Å². The number of carbonyl (C=O) groups is 1. The molecule has 1 aromatic carbocycles. The smallest absolute Gasteiger partial charge is 0.222 e. The molecule has 1 fully saturated rings. The summed E-state index contributed by atoms with van der Waals surface area (Å²) < 4.78 is 0. The number of rotatable bonds is 6. The molecule has 0 aromatic heterocycles. The number of nitrogens with two attached hydrogens (primary N) is 1. The molecule has 0 bridgehead atoms. The van der Waals surface area contributed by atoms with Gasteiger partial charge in [0.15, 0.2) is 0 Å². The first-order valence-electron chi connectivity index (χ1n) is 8.75. The maximum absolute atomic E-state index is 12.3. The number of piperidine rings is 1. The zero-order valence-corrected chi connectivity index (χ0v) is 17.2. The second-order valence-electron chi connectivity index (χ2n) is 7.02. The minimum absolute atomic E-state index is 0. The Morgan fingerprint density at radius 2 is 1.72 bits per heavy atom. The number of benzene rings is 1. The van der Waals surface area contributed by atoms with Crippen LogP contribution in [0.15, 0.2) is 30.3 Å². The molecule has 6 heteroatoms. The molecule has 2 unspecified atom stereocenters. The Kier molecular flexibility index (Phi) is 11.4. The van der Waals surface area contributed by atoms with Crippen LogP contribution in [0.2, 0.25) is 0 Å². The lowest BCUT2D eigenvalue weighted by atomic mass is 9.84. The quantitative estimate of drug-likeness (QED) is 0.812. The molecule has 2 atom stereocenters. The largest absolute Gasteiger partial charge is 0.342 e. The number of hydrogen-bond donors (Lipinski definition) is 1. The first-order chi connectivity index (χ1) is 11.0. The van der Waals surface area contributed by atoms with Crippen LogP contribution < -0.4 is 5.73 Å². The van der Waals surface area contributed by atoms with Crippen LogP contribution in [0.25, 0.3) is 0 Å². The van der Waals surface area contributed by atoms with Crippen molar-refractivity contribution in [1.82, 2.24) is 9.80 Å². The van der Waals surface area contributed by atoms with E-state index in [4.69, 9.17) is 5.73 Å². The molecule has 1 aliphatic heterocycles. The van der Waals surface area contributed by atoms with Crippen LogP contribution in [0.1, 0.15) is 32.3 Å². The lowest BCUT2D eigenvalue weighted by molar-refractivity contribution is -0.135. The highest BCUT2D eigenvalue weighted by atomic mass is 35.5. The summed E-state index contributed by atoms with van der Waals surface area (Å²) in [6, 6.07) is 10.9. The van der Waals surface area contributed by atoms with Crippen molar-refractivity contribution in [2.24, 2.45) is 17.6 Å². The fourth-order valence-corrected chi connectivity index (χ4v) is 4.00. The summed E-state index contributed by atoms with van der Waals surface area (Å²) in [5.41, 5.74) is 6.88. The molecule has 1 aliphatic rings. The number of likely N-dealkylation sites (tertiary alicyclic amines) is 1. The van der Waals surface area contributed by atoms with E-state index in [9.17, 15) is 4.79 Å². The van der Waals surface area contributed by atoms with Gasteiger partial charge in [-0.05, 0) is 30.4 Å². The molecule has 1 amide bonds. The van der Waals surface area contributed by atoms with Crippen LogP contribution in [-0.4, -0.2) is 48.4 Å². The van der Waals surface area contributed by atoms with E-state index < -0.39 is 0 Å². The second-order valence-corrected chi connectivity index (χ2v) is 7.02. The molecule has 1 heterocycles. The molecule has 0 spiro atoms. The van der Waals surface area contributed by atoms with E-state index in [0.717, 1.165) is 26.1 Å². The van der Waals surface area contributed by atoms with Crippen molar-refractivity contribution in [1.29, 1.82) is 0 Å². The van der Waals surface area contributed by atoms with Gasteiger partial charge in [-0.15, -0.1) is 24.8 Å². The van der Waals surface area contributed by atoms with Crippen molar-refractivity contribution >= 4 is 30.7 Å². The van der Waals surface area contributed by atoms with Crippen LogP contribution in [0, 0.1) is 11.8 Å². The summed E-state index contributed by atoms with van der Waals surface area (Å²) in [6.45, 7) is 8.19. The SMILES string of the molecule is CC1CN(Cc2ccccc2)CC(C)C1N(C)C(=O)CCCN.Cl.Cl. The van der Waals surface area contributed by atoms with Gasteiger partial charge in [-0.1, -0.05) is 44.2 Å². The zero-order valence-electron chi connectivity index (χ0n) is 15.6. The normalized spacial score (nSPS) is 23.3. The van der Waals surface area contributed by atoms with Crippen LogP contribution in [0.4, 0.5) is 0 Å². The maximum atomic E-state index is 12.3. The Bertz CT molecular complexity index is 489. The average Bonchev–Trinajstić information content (AvgIpc) is 2.52. The van der Waals surface area contributed by atoms with Gasteiger partial charge >= 0.3 is 0 Å². The van der Waals surface area contributed by atoms with Gasteiger partial charge in [-0.25, -0.2) is 0 Å². The van der Waals surface area contributed by atoms with E-state index in [0.29, 0.717) is 30.8 Å². The first-order valence-corrected chi connectivity index (χ1v) is 8.75. The van der Waals surface area contributed by atoms with Gasteiger partial charge in [-0.3, -0.25) is 9.69 Å². The van der Waals surface area contributed by atoms with Crippen molar-refractivity contribution in [3.8, 4) is 0 Å². The van der Waals surface area contributed by atoms with E-state index in [2.05, 4.69) is 49.1 Å². The van der Waals surface area contributed by atoms with Gasteiger partial charge in [0.2, 0.25) is 5.91 Å². The molecule has 144 valence electrons. The number of halogens is 2. The van der Waals surface area contributed by atoms with Gasteiger partial charge in [0.05, 0.1) is 0 Å². The Morgan fingerprint density at radius 1 is 1.16 bits per heavy atom. The lowest BCUT2D eigenvalue weighted by Crippen LogP contribution is -2.55. The lowest BCUT2D eigenvalue weighted by Gasteiger charge is -2.45. The van der Waals surface area contributed by atoms with Crippen molar-refractivity contribution < 1.29 is 4.79 Å². The highest BCUT2D eigenvalue weighted by molar-refractivity contribution is 5.85. The van der Waals surface area contributed by atoms with Crippen LogP contribution in [-0.2, 0) is 11.3 Å². The molecule has 2 rings (SSSR count). The standard InChI is InChI=1S/C19H31N3O.2ClH/c1-15-12-22(14-17-8-5-4-6-9-17)13-16(2)19(15)21(3)18(23)10-7-11-20;;/h4-6,8-9,15-16,19H,7,10-14,20H2,1-3H3;2*1H. The summed E-state index contributed by atoms with van der Waals surface area (Å²) in [6.07, 6.45) is 1.34. The maximum Gasteiger partial charge on any atom is 0.222 e. The van der Waals surface area contributed by atoms with Crippen molar-refractivity contribution in [2.45, 2.75) is 39.3 Å². The molecule has 0 saturated carbocycles. The minimum atomic E-state index is 0. The predicted molar refractivity (Wildman–Crippen MR) is 109 cm³/mol. The fourth-order valence-electron chi connectivity index (χ4n) is 4.00. The molecule has 2 N–H and O–H groups in total. The first kappa shape index (κ1) is 24.2. The number of nitrogens with zero attached hydrogens (tertiary/aromatic N) is 2. The van der Waals surface area contributed by atoms with Gasteiger partial charge in [0, 0.05) is 39.1 Å². The minimum Gasteiger partial charge on any atom is -0.342 e. The van der Waals surface area contributed by atoms with Crippen LogP contribution >= 0.6 is 24.8 Å². The van der Waals surface area contributed by atoms with E-state index in [1.165, 1.54) is 5.56 Å². The molecular weight excluding hydrogens is 357 g/mol. The second kappa shape index (κ2) is 11.7. The topological polar surface area (TPSA) is 49.6 Å². The molecular formula is C19H33Cl2N3O. The Hall–Kier alpha value is -0.810. The molecule has 4 nitrogen and oxygen atoms in total. The Balaban J connectivity index is 0.00000288. The predicted octanol–water partition coefficient (Wildman–Crippen LogP) is 3.18. The third-order valence-electron chi connectivity index (χ3n) is 4.94. The van der Waals surface area contributed by atoms with E-state index in [1.807, 2.05) is 11.9 Å². The van der Waals surface area contributed by atoms with Gasteiger partial charge < -0.3 is 10.6 Å². The monoisotopic (exact) mass is 389 g/mol. The number of carbonyl (C=O) groups excluding carboxylic acids is 1. The molecule has 1 saturated heterocycles.